The first-order valence-corrected chi connectivity index (χ1v) is 20.1. The Hall–Kier alpha value is -3.18. The highest BCUT2D eigenvalue weighted by Gasteiger charge is 3.13. The van der Waals surface area contributed by atoms with Gasteiger partial charge < -0.3 is 19.3 Å². The van der Waals surface area contributed by atoms with Crippen molar-refractivity contribution in [3.63, 3.8) is 0 Å². The number of alkyl halides is 2. The molecule has 2 atom stereocenters. The van der Waals surface area contributed by atoms with Gasteiger partial charge in [0.15, 0.2) is 11.5 Å². The third-order valence-electron chi connectivity index (χ3n) is 14.0. The molecule has 12 rings (SSSR count). The molecule has 8 nitrogen and oxygen atoms in total. The molecule has 4 heterocycles. The number of aryl methyl sites for hydroxylation is 2. The summed E-state index contributed by atoms with van der Waals surface area (Å²) in [5, 5.41) is 6.21. The molecule has 4 aromatic rings. The maximum absolute atomic E-state index is 14.8. The monoisotopic (exact) mass is 746 g/mol. The molecule has 256 valence electrons. The van der Waals surface area contributed by atoms with E-state index in [2.05, 4.69) is 24.6 Å². The summed E-state index contributed by atoms with van der Waals surface area (Å²) in [5.41, 5.74) is 5.15. The fourth-order valence-electron chi connectivity index (χ4n) is 12.8. The first-order valence-electron chi connectivity index (χ1n) is 17.2. The van der Waals surface area contributed by atoms with Crippen molar-refractivity contribution in [2.75, 3.05) is 34.6 Å². The normalized spacial score (nSPS) is 35.4. The average molecular weight is 748 g/mol. The number of nitrogens with zero attached hydrogens (tertiary/aromatic N) is 2. The quantitative estimate of drug-likeness (QED) is 0.116. The van der Waals surface area contributed by atoms with Gasteiger partial charge in [-0.05, 0) is 82.4 Å². The SMILES string of the molecule is CC(=O)Oc1cc2c(c3c(C)csc13)[C@H](CCl)CN2C(=O)C12C3C4C1C1C2C3C41C(=O)N1C[C@@H](CCl)c2c1cc(OC(C)=O)c1scc(C)c21. The molecule has 0 N–H and O–H groups in total. The van der Waals surface area contributed by atoms with Gasteiger partial charge >= 0.3 is 11.9 Å². The molecule has 8 aliphatic rings. The van der Waals surface area contributed by atoms with E-state index in [1.807, 2.05) is 21.9 Å². The van der Waals surface area contributed by atoms with Gasteiger partial charge in [-0.2, -0.15) is 0 Å². The Bertz CT molecular complexity index is 2130. The van der Waals surface area contributed by atoms with Crippen molar-refractivity contribution in [3.8, 4) is 11.5 Å². The molecule has 6 aliphatic carbocycles. The van der Waals surface area contributed by atoms with Gasteiger partial charge in [0.2, 0.25) is 11.8 Å². The lowest BCUT2D eigenvalue weighted by Crippen LogP contribution is -3.12. The van der Waals surface area contributed by atoms with E-state index in [1.54, 1.807) is 22.7 Å². The van der Waals surface area contributed by atoms with Crippen molar-refractivity contribution in [2.24, 2.45) is 46.3 Å². The van der Waals surface area contributed by atoms with Crippen LogP contribution in [0.15, 0.2) is 22.9 Å². The van der Waals surface area contributed by atoms with Gasteiger partial charge in [0.25, 0.3) is 0 Å². The second-order valence-electron chi connectivity index (χ2n) is 15.6. The third-order valence-corrected chi connectivity index (χ3v) is 16.9. The summed E-state index contributed by atoms with van der Waals surface area (Å²) in [5.74, 6) is 2.60. The summed E-state index contributed by atoms with van der Waals surface area (Å²) >= 11 is 16.2. The van der Waals surface area contributed by atoms with Crippen molar-refractivity contribution >= 4 is 101 Å². The smallest absolute Gasteiger partial charge is 0.308 e. The Kier molecular flexibility index (Phi) is 5.74. The van der Waals surface area contributed by atoms with E-state index >= 15 is 0 Å². The van der Waals surface area contributed by atoms with Crippen LogP contribution in [-0.4, -0.2) is 48.6 Å². The Morgan fingerprint density at radius 1 is 0.700 bits per heavy atom. The van der Waals surface area contributed by atoms with Crippen LogP contribution in [0, 0.1) is 60.2 Å². The molecule has 0 bridgehead atoms. The van der Waals surface area contributed by atoms with Crippen LogP contribution < -0.4 is 19.3 Å². The molecule has 0 radical (unpaired) electrons. The number of hydrogen-bond donors (Lipinski definition) is 0. The Morgan fingerprint density at radius 3 is 1.38 bits per heavy atom. The molecule has 12 heteroatoms. The molecule has 2 aromatic heterocycles. The molecule has 0 saturated heterocycles. The van der Waals surface area contributed by atoms with Crippen molar-refractivity contribution in [1.82, 2.24) is 0 Å². The van der Waals surface area contributed by atoms with Gasteiger partial charge in [0.05, 0.1) is 31.6 Å². The van der Waals surface area contributed by atoms with E-state index in [9.17, 15) is 19.2 Å². The average Bonchev–Trinajstić information content (AvgIpc) is 3.86. The van der Waals surface area contributed by atoms with Gasteiger partial charge in [0.1, 0.15) is 0 Å². The molecular formula is C38H32Cl2N2O6S2. The second kappa shape index (κ2) is 9.43. The number of carbonyl (C=O) groups excluding carboxylic acids is 4. The van der Waals surface area contributed by atoms with Crippen molar-refractivity contribution < 1.29 is 28.7 Å². The number of fused-ring (bicyclic) bond motifs is 6. The molecule has 0 unspecified atom stereocenters. The van der Waals surface area contributed by atoms with Gasteiger partial charge in [-0.1, -0.05) is 0 Å². The summed E-state index contributed by atoms with van der Waals surface area (Å²) in [7, 11) is 0. The second-order valence-corrected chi connectivity index (χ2v) is 18.0. The first-order chi connectivity index (χ1) is 24.0. The van der Waals surface area contributed by atoms with E-state index < -0.39 is 22.8 Å². The minimum atomic E-state index is -0.398. The highest BCUT2D eigenvalue weighted by atomic mass is 35.5. The number of ether oxygens (including phenoxy) is 2. The number of thiophene rings is 2. The molecule has 2 aromatic carbocycles. The summed E-state index contributed by atoms with van der Waals surface area (Å²) in [6.45, 7) is 7.92. The van der Waals surface area contributed by atoms with Crippen LogP contribution in [0.2, 0.25) is 0 Å². The highest BCUT2D eigenvalue weighted by Crippen LogP contribution is 3.10. The molecule has 6 saturated carbocycles. The number of amides is 2. The zero-order valence-corrected chi connectivity index (χ0v) is 30.8. The van der Waals surface area contributed by atoms with Gasteiger partial charge in [-0.3, -0.25) is 19.2 Å². The number of carbonyl (C=O) groups is 4. The number of halogens is 2. The van der Waals surface area contributed by atoms with Gasteiger partial charge in [-0.25, -0.2) is 0 Å². The lowest BCUT2D eigenvalue weighted by Gasteiger charge is -3.09. The summed E-state index contributed by atoms with van der Waals surface area (Å²) in [6.07, 6.45) is 0. The van der Waals surface area contributed by atoms with Crippen LogP contribution in [0.4, 0.5) is 11.4 Å². The fraction of sp³-hybridized carbons (Fsp3) is 0.474. The van der Waals surface area contributed by atoms with Crippen LogP contribution in [0.5, 0.6) is 11.5 Å². The van der Waals surface area contributed by atoms with Crippen LogP contribution >= 0.6 is 45.9 Å². The topological polar surface area (TPSA) is 93.2 Å². The summed E-state index contributed by atoms with van der Waals surface area (Å²) in [4.78, 5) is 57.7. The maximum Gasteiger partial charge on any atom is 0.308 e. The minimum absolute atomic E-state index is 0.0154. The van der Waals surface area contributed by atoms with Gasteiger partial charge in [-0.15, -0.1) is 45.9 Å². The maximum atomic E-state index is 14.8. The van der Waals surface area contributed by atoms with Crippen LogP contribution in [0.3, 0.4) is 0 Å². The van der Waals surface area contributed by atoms with Crippen molar-refractivity contribution in [3.05, 3.63) is 45.1 Å². The molecule has 50 heavy (non-hydrogen) atoms. The lowest BCUT2D eigenvalue weighted by molar-refractivity contribution is -0.623. The van der Waals surface area contributed by atoms with Crippen LogP contribution in [0.1, 0.15) is 47.9 Å². The highest BCUT2D eigenvalue weighted by molar-refractivity contribution is 7.18. The predicted octanol–water partition coefficient (Wildman–Crippen LogP) is 7.36. The number of hydrogen-bond acceptors (Lipinski definition) is 8. The number of rotatable bonds is 6. The first kappa shape index (κ1) is 30.4. The van der Waals surface area contributed by atoms with Crippen molar-refractivity contribution in [2.45, 2.75) is 39.5 Å². The number of anilines is 2. The fourth-order valence-corrected chi connectivity index (χ4v) is 15.3. The number of esters is 2. The number of benzene rings is 2. The van der Waals surface area contributed by atoms with E-state index in [0.717, 1.165) is 53.8 Å². The lowest BCUT2D eigenvalue weighted by atomic mass is 8.92. The summed E-state index contributed by atoms with van der Waals surface area (Å²) < 4.78 is 13.2. The zero-order chi connectivity index (χ0) is 34.5. The molecule has 0 spiro atoms. The van der Waals surface area contributed by atoms with Crippen LogP contribution in [0.25, 0.3) is 20.2 Å². The third kappa shape index (κ3) is 2.95. The van der Waals surface area contributed by atoms with Crippen LogP contribution in [-0.2, 0) is 19.2 Å². The molecule has 2 amide bonds. The molecule has 2 aliphatic heterocycles. The van der Waals surface area contributed by atoms with E-state index in [-0.39, 0.29) is 59.2 Å². The minimum Gasteiger partial charge on any atom is -0.425 e. The standard InChI is InChI=1S/C38H32Cl2N2O6S2/c1-13-11-49-33-21(47-15(3)43)5-19-25(23(13)33)17(7-39)9-41(19)35(45)37-27-30-28(37)32-29(37)31(27)38(30,32)36(46)42-10-18(8-40)26-20(42)6-22(48-16(4)44)34-24(26)14(2)12-50-34/h5-6,11-12,17-18,27-32H,7-10H2,1-4H3/t17-,18-,27?,28?,29?,30?,31?,32?,37?,38?/m1/s1. The Morgan fingerprint density at radius 2 is 1.06 bits per heavy atom. The van der Waals surface area contributed by atoms with E-state index in [4.69, 9.17) is 32.7 Å². The zero-order valence-electron chi connectivity index (χ0n) is 27.7. The van der Waals surface area contributed by atoms with E-state index in [1.165, 1.54) is 13.8 Å². The predicted molar refractivity (Wildman–Crippen MR) is 193 cm³/mol. The Balaban J connectivity index is 0.924. The molecular weight excluding hydrogens is 715 g/mol. The van der Waals surface area contributed by atoms with E-state index in [0.29, 0.717) is 36.3 Å². The van der Waals surface area contributed by atoms with Gasteiger partial charge in [0, 0.05) is 73.4 Å². The molecule has 6 fully saturated rings. The largest absolute Gasteiger partial charge is 0.425 e. The Labute approximate surface area is 305 Å². The van der Waals surface area contributed by atoms with Crippen molar-refractivity contribution in [1.29, 1.82) is 0 Å². The summed E-state index contributed by atoms with van der Waals surface area (Å²) in [6, 6.07) is 3.75.